The van der Waals surface area contributed by atoms with E-state index in [1.165, 1.54) is 6.07 Å². The Labute approximate surface area is 111 Å². The van der Waals surface area contributed by atoms with Gasteiger partial charge in [-0.05, 0) is 42.5 Å². The first-order chi connectivity index (χ1) is 9.31. The average molecular weight is 257 g/mol. The molecule has 1 aromatic heterocycles. The monoisotopic (exact) mass is 257 g/mol. The van der Waals surface area contributed by atoms with E-state index in [1.54, 1.807) is 24.7 Å². The van der Waals surface area contributed by atoms with E-state index in [2.05, 4.69) is 15.3 Å². The fourth-order valence-electron chi connectivity index (χ4n) is 2.49. The number of nitrogens with one attached hydrogen (secondary N) is 1. The summed E-state index contributed by atoms with van der Waals surface area (Å²) < 4.78 is 13.1. The van der Waals surface area contributed by atoms with E-state index in [0.29, 0.717) is 12.0 Å². The highest BCUT2D eigenvalue weighted by molar-refractivity contribution is 5.23. The smallest absolute Gasteiger partial charge is 0.123 e. The van der Waals surface area contributed by atoms with Gasteiger partial charge < -0.3 is 5.32 Å². The van der Waals surface area contributed by atoms with Crippen molar-refractivity contribution in [2.45, 2.75) is 31.3 Å². The van der Waals surface area contributed by atoms with Crippen LogP contribution in [0.15, 0.2) is 42.9 Å². The van der Waals surface area contributed by atoms with Gasteiger partial charge in [-0.15, -0.1) is 0 Å². The number of halogens is 1. The number of nitrogens with zero attached hydrogens (tertiary/aromatic N) is 2. The van der Waals surface area contributed by atoms with E-state index < -0.39 is 0 Å². The normalized spacial score (nSPS) is 21.9. The Kier molecular flexibility index (Phi) is 3.51. The van der Waals surface area contributed by atoms with E-state index in [9.17, 15) is 4.39 Å². The maximum atomic E-state index is 13.1. The molecule has 4 heteroatoms. The summed E-state index contributed by atoms with van der Waals surface area (Å²) in [5.74, 6) is 0.341. The van der Waals surface area contributed by atoms with Crippen molar-refractivity contribution in [3.8, 4) is 0 Å². The van der Waals surface area contributed by atoms with Crippen molar-refractivity contribution in [2.24, 2.45) is 0 Å². The molecule has 98 valence electrons. The summed E-state index contributed by atoms with van der Waals surface area (Å²) in [4.78, 5) is 8.07. The van der Waals surface area contributed by atoms with Crippen LogP contribution in [0.25, 0.3) is 0 Å². The molecule has 1 N–H and O–H groups in total. The average Bonchev–Trinajstić information content (AvgIpc) is 2.38. The van der Waals surface area contributed by atoms with E-state index in [-0.39, 0.29) is 5.82 Å². The first-order valence-electron chi connectivity index (χ1n) is 6.55. The van der Waals surface area contributed by atoms with E-state index in [0.717, 1.165) is 30.6 Å². The largest absolute Gasteiger partial charge is 0.308 e. The van der Waals surface area contributed by atoms with Crippen LogP contribution in [0.3, 0.4) is 0 Å². The van der Waals surface area contributed by atoms with Crippen molar-refractivity contribution in [1.82, 2.24) is 15.3 Å². The topological polar surface area (TPSA) is 37.8 Å². The first-order valence-corrected chi connectivity index (χ1v) is 6.55. The lowest BCUT2D eigenvalue weighted by Gasteiger charge is -2.36. The van der Waals surface area contributed by atoms with E-state index >= 15 is 0 Å². The molecule has 0 amide bonds. The number of rotatable bonds is 4. The number of benzene rings is 1. The van der Waals surface area contributed by atoms with Gasteiger partial charge in [0.25, 0.3) is 0 Å². The maximum Gasteiger partial charge on any atom is 0.123 e. The Hall–Kier alpha value is -1.81. The van der Waals surface area contributed by atoms with Gasteiger partial charge in [-0.1, -0.05) is 12.1 Å². The number of hydrogen-bond donors (Lipinski definition) is 1. The third-order valence-corrected chi connectivity index (χ3v) is 3.67. The lowest BCUT2D eigenvalue weighted by atomic mass is 9.76. The zero-order valence-corrected chi connectivity index (χ0v) is 10.6. The Bertz CT molecular complexity index is 538. The fourth-order valence-corrected chi connectivity index (χ4v) is 2.49. The third kappa shape index (κ3) is 2.96. The lowest BCUT2D eigenvalue weighted by molar-refractivity contribution is 0.288. The molecule has 0 saturated heterocycles. The molecule has 0 spiro atoms. The molecule has 19 heavy (non-hydrogen) atoms. The highest BCUT2D eigenvalue weighted by atomic mass is 19.1. The van der Waals surface area contributed by atoms with E-state index in [1.807, 2.05) is 12.1 Å². The Balaban J connectivity index is 1.48. The first kappa shape index (κ1) is 12.2. The molecular weight excluding hydrogens is 241 g/mol. The molecule has 0 aliphatic heterocycles. The molecule has 0 atom stereocenters. The molecule has 0 radical (unpaired) electrons. The van der Waals surface area contributed by atoms with Crippen molar-refractivity contribution >= 4 is 0 Å². The van der Waals surface area contributed by atoms with Crippen molar-refractivity contribution in [3.63, 3.8) is 0 Å². The van der Waals surface area contributed by atoms with Gasteiger partial charge in [0.05, 0.1) is 5.69 Å². The van der Waals surface area contributed by atoms with Crippen LogP contribution in [0.2, 0.25) is 0 Å². The predicted molar refractivity (Wildman–Crippen MR) is 71.0 cm³/mol. The van der Waals surface area contributed by atoms with Crippen LogP contribution in [0.4, 0.5) is 4.39 Å². The highest BCUT2D eigenvalue weighted by Crippen LogP contribution is 2.37. The second kappa shape index (κ2) is 5.45. The van der Waals surface area contributed by atoms with Crippen molar-refractivity contribution < 1.29 is 4.39 Å². The van der Waals surface area contributed by atoms with Crippen LogP contribution in [0.1, 0.15) is 30.0 Å². The second-order valence-electron chi connectivity index (χ2n) is 5.00. The van der Waals surface area contributed by atoms with Crippen molar-refractivity contribution in [2.75, 3.05) is 0 Å². The standard InChI is InChI=1S/C15H16FN3/c16-13-3-1-2-11(6-13)12-7-15(8-12)18-9-14-4-5-17-10-19-14/h1-6,10,12,15,18H,7-9H2. The molecule has 1 aliphatic carbocycles. The van der Waals surface area contributed by atoms with Crippen molar-refractivity contribution in [3.05, 3.63) is 59.9 Å². The van der Waals surface area contributed by atoms with Crippen molar-refractivity contribution in [1.29, 1.82) is 0 Å². The van der Waals surface area contributed by atoms with Crippen LogP contribution in [0.5, 0.6) is 0 Å². The molecular formula is C15H16FN3. The van der Waals surface area contributed by atoms with Crippen LogP contribution in [-0.4, -0.2) is 16.0 Å². The van der Waals surface area contributed by atoms with Crippen LogP contribution in [-0.2, 0) is 6.54 Å². The molecule has 2 aromatic rings. The minimum absolute atomic E-state index is 0.144. The summed E-state index contributed by atoms with van der Waals surface area (Å²) in [6, 6.07) is 9.34. The molecule has 3 rings (SSSR count). The lowest BCUT2D eigenvalue weighted by Crippen LogP contribution is -2.39. The second-order valence-corrected chi connectivity index (χ2v) is 5.00. The predicted octanol–water partition coefficient (Wildman–Crippen LogP) is 2.65. The molecule has 0 bridgehead atoms. The third-order valence-electron chi connectivity index (χ3n) is 3.67. The van der Waals surface area contributed by atoms with E-state index in [4.69, 9.17) is 0 Å². The summed E-state index contributed by atoms with van der Waals surface area (Å²) >= 11 is 0. The van der Waals surface area contributed by atoms with Gasteiger partial charge >= 0.3 is 0 Å². The summed E-state index contributed by atoms with van der Waals surface area (Å²) in [5, 5.41) is 3.47. The minimum Gasteiger partial charge on any atom is -0.308 e. The van der Waals surface area contributed by atoms with Gasteiger partial charge in [0, 0.05) is 18.8 Å². The molecule has 1 aliphatic rings. The molecule has 1 fully saturated rings. The van der Waals surface area contributed by atoms with Gasteiger partial charge in [0.2, 0.25) is 0 Å². The van der Waals surface area contributed by atoms with Gasteiger partial charge in [0.1, 0.15) is 12.1 Å². The summed E-state index contributed by atoms with van der Waals surface area (Å²) in [7, 11) is 0. The van der Waals surface area contributed by atoms with Crippen LogP contribution in [0, 0.1) is 5.82 Å². The fraction of sp³-hybridized carbons (Fsp3) is 0.333. The number of aromatic nitrogens is 2. The quantitative estimate of drug-likeness (QED) is 0.915. The summed E-state index contributed by atoms with van der Waals surface area (Å²) in [5.41, 5.74) is 2.12. The minimum atomic E-state index is -0.144. The van der Waals surface area contributed by atoms with Crippen LogP contribution < -0.4 is 5.32 Å². The zero-order chi connectivity index (χ0) is 13.1. The van der Waals surface area contributed by atoms with Gasteiger partial charge in [-0.3, -0.25) is 0 Å². The summed E-state index contributed by atoms with van der Waals surface area (Å²) in [6.07, 6.45) is 5.44. The Morgan fingerprint density at radius 2 is 2.16 bits per heavy atom. The Morgan fingerprint density at radius 1 is 1.26 bits per heavy atom. The Morgan fingerprint density at radius 3 is 2.89 bits per heavy atom. The maximum absolute atomic E-state index is 13.1. The summed E-state index contributed by atoms with van der Waals surface area (Å²) in [6.45, 7) is 0.767. The molecule has 1 saturated carbocycles. The van der Waals surface area contributed by atoms with Crippen LogP contribution >= 0.6 is 0 Å². The molecule has 1 heterocycles. The van der Waals surface area contributed by atoms with Gasteiger partial charge in [-0.2, -0.15) is 0 Å². The van der Waals surface area contributed by atoms with Gasteiger partial charge in [-0.25, -0.2) is 14.4 Å². The molecule has 1 aromatic carbocycles. The van der Waals surface area contributed by atoms with Gasteiger partial charge in [0.15, 0.2) is 0 Å². The molecule has 3 nitrogen and oxygen atoms in total. The molecule has 0 unspecified atom stereocenters. The highest BCUT2D eigenvalue weighted by Gasteiger charge is 2.29. The number of hydrogen-bond acceptors (Lipinski definition) is 3. The SMILES string of the molecule is Fc1cccc(C2CC(NCc3ccncn3)C2)c1. The zero-order valence-electron chi connectivity index (χ0n) is 10.6.